The van der Waals surface area contributed by atoms with Gasteiger partial charge in [-0.15, -0.1) is 11.8 Å². The second-order valence-corrected chi connectivity index (χ2v) is 5.78. The molecule has 0 saturated heterocycles. The average molecular weight is 251 g/mol. The molecular formula is C14H21NOS. The standard InChI is InChI=1S/C14H21NOS/c1-11(12-6-7-12)15-8-9-17-14-5-3-4-13(10-14)16-2/h3-5,10-12,15H,6-9H2,1-2H3. The van der Waals surface area contributed by atoms with Gasteiger partial charge in [0.15, 0.2) is 0 Å². The van der Waals surface area contributed by atoms with Crippen LogP contribution in [-0.4, -0.2) is 25.4 Å². The van der Waals surface area contributed by atoms with Gasteiger partial charge >= 0.3 is 0 Å². The molecule has 3 heteroatoms. The quantitative estimate of drug-likeness (QED) is 0.594. The summed E-state index contributed by atoms with van der Waals surface area (Å²) in [5.74, 6) is 3.00. The lowest BCUT2D eigenvalue weighted by Crippen LogP contribution is -2.29. The molecule has 0 spiro atoms. The van der Waals surface area contributed by atoms with E-state index >= 15 is 0 Å². The molecule has 17 heavy (non-hydrogen) atoms. The van der Waals surface area contributed by atoms with Crippen molar-refractivity contribution in [3.8, 4) is 5.75 Å². The monoisotopic (exact) mass is 251 g/mol. The summed E-state index contributed by atoms with van der Waals surface area (Å²) >= 11 is 1.88. The van der Waals surface area contributed by atoms with Crippen molar-refractivity contribution < 1.29 is 4.74 Å². The largest absolute Gasteiger partial charge is 0.497 e. The Hall–Kier alpha value is -0.670. The Balaban J connectivity index is 1.66. The molecule has 0 radical (unpaired) electrons. The van der Waals surface area contributed by atoms with E-state index < -0.39 is 0 Å². The van der Waals surface area contributed by atoms with Crippen LogP contribution >= 0.6 is 11.8 Å². The van der Waals surface area contributed by atoms with Crippen molar-refractivity contribution in [2.24, 2.45) is 5.92 Å². The minimum absolute atomic E-state index is 0.695. The molecule has 0 aliphatic heterocycles. The molecule has 1 unspecified atom stereocenters. The molecule has 1 saturated carbocycles. The molecule has 0 bridgehead atoms. The molecule has 0 aromatic heterocycles. The van der Waals surface area contributed by atoms with Crippen molar-refractivity contribution in [1.29, 1.82) is 0 Å². The van der Waals surface area contributed by atoms with Gasteiger partial charge in [-0.25, -0.2) is 0 Å². The number of hydrogen-bond donors (Lipinski definition) is 1. The molecular weight excluding hydrogens is 230 g/mol. The first-order chi connectivity index (χ1) is 8.29. The van der Waals surface area contributed by atoms with Crippen LogP contribution in [0, 0.1) is 5.92 Å². The van der Waals surface area contributed by atoms with E-state index in [1.54, 1.807) is 7.11 Å². The number of methoxy groups -OCH3 is 1. The topological polar surface area (TPSA) is 21.3 Å². The normalized spacial score (nSPS) is 16.8. The smallest absolute Gasteiger partial charge is 0.119 e. The van der Waals surface area contributed by atoms with Gasteiger partial charge in [-0.1, -0.05) is 6.07 Å². The van der Waals surface area contributed by atoms with Crippen LogP contribution in [0.3, 0.4) is 0 Å². The van der Waals surface area contributed by atoms with Crippen molar-refractivity contribution in [2.75, 3.05) is 19.4 Å². The molecule has 1 N–H and O–H groups in total. The van der Waals surface area contributed by atoms with Crippen LogP contribution in [0.2, 0.25) is 0 Å². The lowest BCUT2D eigenvalue weighted by molar-refractivity contribution is 0.413. The number of benzene rings is 1. The maximum atomic E-state index is 5.21. The first-order valence-corrected chi connectivity index (χ1v) is 7.28. The summed E-state index contributed by atoms with van der Waals surface area (Å²) in [5.41, 5.74) is 0. The third kappa shape index (κ3) is 4.25. The van der Waals surface area contributed by atoms with E-state index in [9.17, 15) is 0 Å². The van der Waals surface area contributed by atoms with Gasteiger partial charge in [0.25, 0.3) is 0 Å². The van der Waals surface area contributed by atoms with Crippen LogP contribution in [0.4, 0.5) is 0 Å². The van der Waals surface area contributed by atoms with Crippen molar-refractivity contribution in [3.05, 3.63) is 24.3 Å². The summed E-state index contributed by atoms with van der Waals surface area (Å²) < 4.78 is 5.21. The molecule has 2 nitrogen and oxygen atoms in total. The number of hydrogen-bond acceptors (Lipinski definition) is 3. The summed E-state index contributed by atoms with van der Waals surface area (Å²) in [7, 11) is 1.71. The molecule has 1 aromatic carbocycles. The summed E-state index contributed by atoms with van der Waals surface area (Å²) in [6.45, 7) is 3.38. The second kappa shape index (κ2) is 6.31. The lowest BCUT2D eigenvalue weighted by atomic mass is 10.2. The SMILES string of the molecule is COc1cccc(SCCNC(C)C2CC2)c1. The van der Waals surface area contributed by atoms with Crippen LogP contribution in [0.5, 0.6) is 5.75 Å². The lowest BCUT2D eigenvalue weighted by Gasteiger charge is -2.12. The van der Waals surface area contributed by atoms with Gasteiger partial charge in [0.1, 0.15) is 5.75 Å². The predicted molar refractivity (Wildman–Crippen MR) is 73.9 cm³/mol. The maximum absolute atomic E-state index is 5.21. The van der Waals surface area contributed by atoms with E-state index in [0.717, 1.165) is 24.0 Å². The van der Waals surface area contributed by atoms with Gasteiger partial charge in [0.05, 0.1) is 7.11 Å². The van der Waals surface area contributed by atoms with Crippen LogP contribution in [0.15, 0.2) is 29.2 Å². The van der Waals surface area contributed by atoms with E-state index in [0.29, 0.717) is 6.04 Å². The Morgan fingerprint density at radius 3 is 3.00 bits per heavy atom. The van der Waals surface area contributed by atoms with E-state index in [1.165, 1.54) is 17.7 Å². The first kappa shape index (κ1) is 12.8. The molecule has 2 rings (SSSR count). The van der Waals surface area contributed by atoms with Crippen molar-refractivity contribution in [2.45, 2.75) is 30.7 Å². The van der Waals surface area contributed by atoms with Crippen molar-refractivity contribution in [1.82, 2.24) is 5.32 Å². The van der Waals surface area contributed by atoms with E-state index in [-0.39, 0.29) is 0 Å². The highest BCUT2D eigenvalue weighted by molar-refractivity contribution is 7.99. The summed E-state index contributed by atoms with van der Waals surface area (Å²) in [4.78, 5) is 1.28. The Bertz CT molecular complexity index is 352. The molecule has 1 atom stereocenters. The molecule has 94 valence electrons. The van der Waals surface area contributed by atoms with Crippen LogP contribution in [0.1, 0.15) is 19.8 Å². The number of rotatable bonds is 7. The Morgan fingerprint density at radius 1 is 1.47 bits per heavy atom. The highest BCUT2D eigenvalue weighted by atomic mass is 32.2. The van der Waals surface area contributed by atoms with E-state index in [2.05, 4.69) is 24.4 Å². The van der Waals surface area contributed by atoms with Crippen molar-refractivity contribution in [3.63, 3.8) is 0 Å². The molecule has 0 amide bonds. The van der Waals surface area contributed by atoms with Gasteiger partial charge < -0.3 is 10.1 Å². The minimum Gasteiger partial charge on any atom is -0.497 e. The Labute approximate surface area is 108 Å². The van der Waals surface area contributed by atoms with Gasteiger partial charge in [-0.2, -0.15) is 0 Å². The zero-order valence-electron chi connectivity index (χ0n) is 10.6. The molecule has 1 aliphatic rings. The summed E-state index contributed by atoms with van der Waals surface area (Å²) in [5, 5.41) is 3.59. The third-order valence-corrected chi connectivity index (χ3v) is 4.20. The van der Waals surface area contributed by atoms with Crippen LogP contribution in [0.25, 0.3) is 0 Å². The van der Waals surface area contributed by atoms with Crippen LogP contribution < -0.4 is 10.1 Å². The fourth-order valence-electron chi connectivity index (χ4n) is 1.91. The second-order valence-electron chi connectivity index (χ2n) is 4.61. The summed E-state index contributed by atoms with van der Waals surface area (Å²) in [6, 6.07) is 8.95. The Morgan fingerprint density at radius 2 is 2.29 bits per heavy atom. The number of nitrogens with one attached hydrogen (secondary N) is 1. The van der Waals surface area contributed by atoms with Gasteiger partial charge in [0.2, 0.25) is 0 Å². The molecule has 1 aromatic rings. The van der Waals surface area contributed by atoms with Gasteiger partial charge in [0, 0.05) is 23.2 Å². The maximum Gasteiger partial charge on any atom is 0.119 e. The highest BCUT2D eigenvalue weighted by Gasteiger charge is 2.27. The minimum atomic E-state index is 0.695. The number of ether oxygens (including phenoxy) is 1. The molecule has 1 aliphatic carbocycles. The highest BCUT2D eigenvalue weighted by Crippen LogP contribution is 2.32. The fraction of sp³-hybridized carbons (Fsp3) is 0.571. The zero-order chi connectivity index (χ0) is 12.1. The zero-order valence-corrected chi connectivity index (χ0v) is 11.4. The molecule has 1 fully saturated rings. The predicted octanol–water partition coefficient (Wildman–Crippen LogP) is 3.18. The van der Waals surface area contributed by atoms with Gasteiger partial charge in [-0.3, -0.25) is 0 Å². The first-order valence-electron chi connectivity index (χ1n) is 6.30. The average Bonchev–Trinajstić information content (AvgIpc) is 3.19. The third-order valence-electron chi connectivity index (χ3n) is 3.21. The molecule has 0 heterocycles. The van der Waals surface area contributed by atoms with Gasteiger partial charge in [-0.05, 0) is 43.9 Å². The van der Waals surface area contributed by atoms with Crippen LogP contribution in [-0.2, 0) is 0 Å². The van der Waals surface area contributed by atoms with E-state index in [1.807, 2.05) is 23.9 Å². The fourth-order valence-corrected chi connectivity index (χ4v) is 2.74. The Kier molecular flexibility index (Phi) is 4.75. The van der Waals surface area contributed by atoms with Crippen molar-refractivity contribution >= 4 is 11.8 Å². The summed E-state index contributed by atoms with van der Waals surface area (Å²) in [6.07, 6.45) is 2.83. The van der Waals surface area contributed by atoms with E-state index in [4.69, 9.17) is 4.74 Å². The number of thioether (sulfide) groups is 1.